The van der Waals surface area contributed by atoms with Gasteiger partial charge in [-0.05, 0) is 26.0 Å². The number of hydrogen-bond acceptors (Lipinski definition) is 3. The van der Waals surface area contributed by atoms with Crippen LogP contribution in [0.2, 0.25) is 0 Å². The maximum atomic E-state index is 12.6. The van der Waals surface area contributed by atoms with Gasteiger partial charge in [0, 0.05) is 19.0 Å². The number of halogens is 1. The molecule has 0 radical (unpaired) electrons. The molecule has 1 aliphatic heterocycles. The molecule has 1 saturated heterocycles. The summed E-state index contributed by atoms with van der Waals surface area (Å²) >= 11 is 5.82. The molecule has 1 aliphatic rings. The van der Waals surface area contributed by atoms with Crippen LogP contribution in [0.1, 0.15) is 13.8 Å². The summed E-state index contributed by atoms with van der Waals surface area (Å²) in [4.78, 5) is 0.307. The molecule has 0 amide bonds. The summed E-state index contributed by atoms with van der Waals surface area (Å²) in [6.07, 6.45) is -0.274. The summed E-state index contributed by atoms with van der Waals surface area (Å²) in [5.74, 6) is 0.282. The Labute approximate surface area is 119 Å². The average molecular weight is 304 g/mol. The van der Waals surface area contributed by atoms with Gasteiger partial charge in [0.1, 0.15) is 0 Å². The van der Waals surface area contributed by atoms with Gasteiger partial charge in [-0.2, -0.15) is 4.31 Å². The Bertz CT molecular complexity index is 530. The monoisotopic (exact) mass is 303 g/mol. The Kier molecular flexibility index (Phi) is 4.20. The number of rotatable bonds is 3. The van der Waals surface area contributed by atoms with Crippen LogP contribution < -0.4 is 0 Å². The van der Waals surface area contributed by atoms with Crippen molar-refractivity contribution in [2.75, 3.05) is 19.0 Å². The van der Waals surface area contributed by atoms with E-state index in [1.165, 1.54) is 4.31 Å². The van der Waals surface area contributed by atoms with Crippen LogP contribution in [0.25, 0.3) is 0 Å². The highest BCUT2D eigenvalue weighted by Gasteiger charge is 2.38. The molecule has 0 aromatic heterocycles. The van der Waals surface area contributed by atoms with E-state index in [0.717, 1.165) is 0 Å². The minimum atomic E-state index is -3.48. The summed E-state index contributed by atoms with van der Waals surface area (Å²) in [5.41, 5.74) is -0.528. The zero-order chi connectivity index (χ0) is 14.1. The fraction of sp³-hybridized carbons (Fsp3) is 0.538. The van der Waals surface area contributed by atoms with Crippen molar-refractivity contribution in [2.24, 2.45) is 0 Å². The molecular weight excluding hydrogens is 286 g/mol. The average Bonchev–Trinajstić information content (AvgIpc) is 2.37. The van der Waals surface area contributed by atoms with Crippen molar-refractivity contribution in [3.63, 3.8) is 0 Å². The summed E-state index contributed by atoms with van der Waals surface area (Å²) in [6.45, 7) is 4.38. The van der Waals surface area contributed by atoms with Gasteiger partial charge in [-0.3, -0.25) is 0 Å². The van der Waals surface area contributed by atoms with Crippen molar-refractivity contribution in [1.82, 2.24) is 4.31 Å². The third-order valence-corrected chi connectivity index (χ3v) is 5.17. The molecule has 1 fully saturated rings. The molecule has 2 rings (SSSR count). The maximum absolute atomic E-state index is 12.6. The molecule has 1 aromatic carbocycles. The predicted octanol–water partition coefficient (Wildman–Crippen LogP) is 2.09. The minimum absolute atomic E-state index is 0.274. The fourth-order valence-electron chi connectivity index (χ4n) is 2.25. The smallest absolute Gasteiger partial charge is 0.243 e. The second-order valence-electron chi connectivity index (χ2n) is 5.26. The van der Waals surface area contributed by atoms with Crippen LogP contribution in [0.15, 0.2) is 35.2 Å². The number of hydrogen-bond donors (Lipinski definition) is 0. The third-order valence-electron chi connectivity index (χ3n) is 3.00. The molecule has 19 heavy (non-hydrogen) atoms. The predicted molar refractivity (Wildman–Crippen MR) is 74.9 cm³/mol. The summed E-state index contributed by atoms with van der Waals surface area (Å²) in [5, 5.41) is 0. The van der Waals surface area contributed by atoms with Crippen LogP contribution in [-0.2, 0) is 14.8 Å². The van der Waals surface area contributed by atoms with Gasteiger partial charge in [0.2, 0.25) is 10.0 Å². The molecule has 0 bridgehead atoms. The summed E-state index contributed by atoms with van der Waals surface area (Å²) < 4.78 is 32.3. The summed E-state index contributed by atoms with van der Waals surface area (Å²) in [6, 6.07) is 8.44. The highest BCUT2D eigenvalue weighted by atomic mass is 35.5. The molecule has 6 heteroatoms. The molecule has 106 valence electrons. The van der Waals surface area contributed by atoms with Crippen molar-refractivity contribution >= 4 is 21.6 Å². The van der Waals surface area contributed by atoms with Crippen molar-refractivity contribution < 1.29 is 13.2 Å². The van der Waals surface area contributed by atoms with Crippen molar-refractivity contribution in [3.05, 3.63) is 30.3 Å². The lowest BCUT2D eigenvalue weighted by Crippen LogP contribution is -2.55. The minimum Gasteiger partial charge on any atom is -0.368 e. The van der Waals surface area contributed by atoms with E-state index >= 15 is 0 Å². The Hall–Kier alpha value is -0.620. The zero-order valence-corrected chi connectivity index (χ0v) is 12.6. The standard InChI is InChI=1S/C13H18ClNO3S/c1-13(2)10-15(9-11(8-14)18-13)19(16,17)12-6-4-3-5-7-12/h3-7,11H,8-10H2,1-2H3. The van der Waals surface area contributed by atoms with Gasteiger partial charge in [0.05, 0.1) is 16.6 Å². The van der Waals surface area contributed by atoms with Crippen LogP contribution in [0.3, 0.4) is 0 Å². The van der Waals surface area contributed by atoms with Crippen LogP contribution in [-0.4, -0.2) is 43.4 Å². The van der Waals surface area contributed by atoms with Gasteiger partial charge < -0.3 is 4.74 Å². The van der Waals surface area contributed by atoms with E-state index in [1.807, 2.05) is 13.8 Å². The Morgan fingerprint density at radius 1 is 1.37 bits per heavy atom. The van der Waals surface area contributed by atoms with Crippen molar-refractivity contribution in [2.45, 2.75) is 30.4 Å². The van der Waals surface area contributed by atoms with Gasteiger partial charge in [-0.25, -0.2) is 8.42 Å². The fourth-order valence-corrected chi connectivity index (χ4v) is 4.05. The molecule has 0 N–H and O–H groups in total. The van der Waals surface area contributed by atoms with Crippen LogP contribution >= 0.6 is 11.6 Å². The van der Waals surface area contributed by atoms with Gasteiger partial charge >= 0.3 is 0 Å². The molecule has 0 aliphatic carbocycles. The Balaban J connectivity index is 2.30. The van der Waals surface area contributed by atoms with E-state index in [2.05, 4.69) is 0 Å². The maximum Gasteiger partial charge on any atom is 0.243 e. The van der Waals surface area contributed by atoms with E-state index in [-0.39, 0.29) is 12.0 Å². The quantitative estimate of drug-likeness (QED) is 0.803. The zero-order valence-electron chi connectivity index (χ0n) is 11.0. The highest BCUT2D eigenvalue weighted by Crippen LogP contribution is 2.26. The molecule has 1 aromatic rings. The molecule has 0 spiro atoms. The highest BCUT2D eigenvalue weighted by molar-refractivity contribution is 7.89. The Morgan fingerprint density at radius 2 is 2.00 bits per heavy atom. The second-order valence-corrected chi connectivity index (χ2v) is 7.51. The molecule has 1 atom stereocenters. The SMILES string of the molecule is CC1(C)CN(S(=O)(=O)c2ccccc2)CC(CCl)O1. The second kappa shape index (κ2) is 5.40. The van der Waals surface area contributed by atoms with Crippen LogP contribution in [0, 0.1) is 0 Å². The molecule has 0 saturated carbocycles. The largest absolute Gasteiger partial charge is 0.368 e. The molecule has 1 unspecified atom stereocenters. The Morgan fingerprint density at radius 3 is 2.58 bits per heavy atom. The first-order chi connectivity index (χ1) is 8.85. The lowest BCUT2D eigenvalue weighted by Gasteiger charge is -2.41. The van der Waals surface area contributed by atoms with Gasteiger partial charge in [0.15, 0.2) is 0 Å². The number of nitrogens with zero attached hydrogens (tertiary/aromatic N) is 1. The number of morpholine rings is 1. The molecule has 4 nitrogen and oxygen atoms in total. The van der Waals surface area contributed by atoms with Crippen LogP contribution in [0.4, 0.5) is 0 Å². The molecular formula is C13H18ClNO3S. The third kappa shape index (κ3) is 3.28. The van der Waals surface area contributed by atoms with Crippen molar-refractivity contribution in [3.8, 4) is 0 Å². The van der Waals surface area contributed by atoms with Gasteiger partial charge in [-0.15, -0.1) is 11.6 Å². The first-order valence-corrected chi connectivity index (χ1v) is 8.11. The molecule has 1 heterocycles. The van der Waals surface area contributed by atoms with Gasteiger partial charge in [-0.1, -0.05) is 18.2 Å². The normalized spacial score (nSPS) is 24.3. The van der Waals surface area contributed by atoms with Gasteiger partial charge in [0.25, 0.3) is 0 Å². The first kappa shape index (κ1) is 14.8. The number of benzene rings is 1. The lowest BCUT2D eigenvalue weighted by atomic mass is 10.1. The number of alkyl halides is 1. The van der Waals surface area contributed by atoms with E-state index in [1.54, 1.807) is 30.3 Å². The lowest BCUT2D eigenvalue weighted by molar-refractivity contribution is -0.107. The first-order valence-electron chi connectivity index (χ1n) is 6.14. The van der Waals surface area contributed by atoms with E-state index in [0.29, 0.717) is 18.0 Å². The number of sulfonamides is 1. The topological polar surface area (TPSA) is 46.6 Å². The number of ether oxygens (including phenoxy) is 1. The van der Waals surface area contributed by atoms with E-state index < -0.39 is 15.6 Å². The van der Waals surface area contributed by atoms with E-state index in [4.69, 9.17) is 16.3 Å². The van der Waals surface area contributed by atoms with Crippen LogP contribution in [0.5, 0.6) is 0 Å². The van der Waals surface area contributed by atoms with E-state index in [9.17, 15) is 8.42 Å². The van der Waals surface area contributed by atoms with Crippen molar-refractivity contribution in [1.29, 1.82) is 0 Å². The summed E-state index contributed by atoms with van der Waals surface area (Å²) in [7, 11) is -3.48.